The zero-order chi connectivity index (χ0) is 13.9. The van der Waals surface area contributed by atoms with Crippen LogP contribution in [0.2, 0.25) is 0 Å². The molecule has 0 aromatic carbocycles. The molecule has 1 aliphatic rings. The van der Waals surface area contributed by atoms with E-state index in [1.54, 1.807) is 0 Å². The van der Waals surface area contributed by atoms with E-state index in [4.69, 9.17) is 9.40 Å². The van der Waals surface area contributed by atoms with Crippen molar-refractivity contribution in [1.82, 2.24) is 15.3 Å². The molecule has 2 heterocycles. The topological polar surface area (TPSA) is 51.0 Å². The number of aryl methyl sites for hydroxylation is 4. The predicted octanol–water partition coefficient (Wildman–Crippen LogP) is 2.51. The van der Waals surface area contributed by atoms with Gasteiger partial charge in [-0.1, -0.05) is 6.07 Å². The lowest BCUT2D eigenvalue weighted by Crippen LogP contribution is -2.18. The van der Waals surface area contributed by atoms with Crippen LogP contribution in [0, 0.1) is 13.8 Å². The molecule has 4 nitrogen and oxygen atoms in total. The number of pyridine rings is 1. The minimum atomic E-state index is 0.748. The average molecular weight is 271 g/mol. The van der Waals surface area contributed by atoms with Gasteiger partial charge in [-0.2, -0.15) is 0 Å². The van der Waals surface area contributed by atoms with Gasteiger partial charge in [0.15, 0.2) is 5.89 Å². The standard InChI is InChI=1S/C16H21N3O/c1-11-15(18-12(2)20-11)8-9-17-10-14-7-6-13-4-3-5-16(13)19-14/h6-7,17H,3-5,8-10H2,1-2H3. The first kappa shape index (κ1) is 13.3. The van der Waals surface area contributed by atoms with E-state index in [0.717, 1.165) is 49.0 Å². The van der Waals surface area contributed by atoms with Crippen LogP contribution in [0.15, 0.2) is 16.5 Å². The average Bonchev–Trinajstić information content (AvgIpc) is 3.00. The van der Waals surface area contributed by atoms with Gasteiger partial charge in [0.25, 0.3) is 0 Å². The van der Waals surface area contributed by atoms with Crippen LogP contribution in [-0.4, -0.2) is 16.5 Å². The van der Waals surface area contributed by atoms with Gasteiger partial charge in [0.05, 0.1) is 11.4 Å². The molecule has 0 aliphatic heterocycles. The quantitative estimate of drug-likeness (QED) is 0.849. The van der Waals surface area contributed by atoms with E-state index in [1.165, 1.54) is 24.1 Å². The summed E-state index contributed by atoms with van der Waals surface area (Å²) in [7, 11) is 0. The van der Waals surface area contributed by atoms with Gasteiger partial charge in [0.1, 0.15) is 5.76 Å². The van der Waals surface area contributed by atoms with E-state index in [-0.39, 0.29) is 0 Å². The summed E-state index contributed by atoms with van der Waals surface area (Å²) >= 11 is 0. The van der Waals surface area contributed by atoms with Gasteiger partial charge < -0.3 is 9.73 Å². The lowest BCUT2D eigenvalue weighted by Gasteiger charge is -2.05. The van der Waals surface area contributed by atoms with Crippen molar-refractivity contribution in [3.8, 4) is 0 Å². The number of nitrogens with one attached hydrogen (secondary N) is 1. The minimum Gasteiger partial charge on any atom is -0.446 e. The van der Waals surface area contributed by atoms with Gasteiger partial charge >= 0.3 is 0 Å². The minimum absolute atomic E-state index is 0.748. The Kier molecular flexibility index (Phi) is 3.83. The Morgan fingerprint density at radius 1 is 1.20 bits per heavy atom. The monoisotopic (exact) mass is 271 g/mol. The van der Waals surface area contributed by atoms with Gasteiger partial charge in [-0.05, 0) is 37.8 Å². The zero-order valence-electron chi connectivity index (χ0n) is 12.2. The van der Waals surface area contributed by atoms with E-state index in [0.29, 0.717) is 0 Å². The largest absolute Gasteiger partial charge is 0.446 e. The molecule has 0 fully saturated rings. The Morgan fingerprint density at radius 3 is 2.90 bits per heavy atom. The fourth-order valence-corrected chi connectivity index (χ4v) is 2.79. The molecule has 3 rings (SSSR count). The van der Waals surface area contributed by atoms with Crippen molar-refractivity contribution >= 4 is 0 Å². The molecular formula is C16H21N3O. The Labute approximate surface area is 119 Å². The summed E-state index contributed by atoms with van der Waals surface area (Å²) in [5, 5.41) is 3.43. The van der Waals surface area contributed by atoms with Crippen LogP contribution in [0.1, 0.15) is 40.7 Å². The number of rotatable bonds is 5. The third-order valence-corrected chi connectivity index (χ3v) is 3.83. The molecule has 0 atom stereocenters. The Morgan fingerprint density at radius 2 is 2.10 bits per heavy atom. The maximum absolute atomic E-state index is 5.43. The van der Waals surface area contributed by atoms with Crippen molar-refractivity contribution < 1.29 is 4.42 Å². The molecule has 2 aromatic heterocycles. The first-order chi connectivity index (χ1) is 9.72. The summed E-state index contributed by atoms with van der Waals surface area (Å²) < 4.78 is 5.43. The number of hydrogen-bond acceptors (Lipinski definition) is 4. The van der Waals surface area contributed by atoms with Crippen molar-refractivity contribution in [3.63, 3.8) is 0 Å². The Hall–Kier alpha value is -1.68. The van der Waals surface area contributed by atoms with Gasteiger partial charge in [0.2, 0.25) is 0 Å². The summed E-state index contributed by atoms with van der Waals surface area (Å²) in [4.78, 5) is 9.10. The van der Waals surface area contributed by atoms with E-state index in [9.17, 15) is 0 Å². The fraction of sp³-hybridized carbons (Fsp3) is 0.500. The first-order valence-electron chi connectivity index (χ1n) is 7.33. The third kappa shape index (κ3) is 2.90. The first-order valence-corrected chi connectivity index (χ1v) is 7.33. The molecule has 0 radical (unpaired) electrons. The number of fused-ring (bicyclic) bond motifs is 1. The van der Waals surface area contributed by atoms with Crippen LogP contribution < -0.4 is 5.32 Å². The van der Waals surface area contributed by atoms with Crippen molar-refractivity contribution in [1.29, 1.82) is 0 Å². The van der Waals surface area contributed by atoms with Crippen LogP contribution in [0.5, 0.6) is 0 Å². The maximum atomic E-state index is 5.43. The SMILES string of the molecule is Cc1nc(CCNCc2ccc3c(n2)CCC3)c(C)o1. The molecule has 4 heteroatoms. The smallest absolute Gasteiger partial charge is 0.191 e. The Bertz CT molecular complexity index is 604. The van der Waals surface area contributed by atoms with Gasteiger partial charge in [-0.3, -0.25) is 4.98 Å². The van der Waals surface area contributed by atoms with Crippen LogP contribution in [0.25, 0.3) is 0 Å². The van der Waals surface area contributed by atoms with Crippen LogP contribution in [0.4, 0.5) is 0 Å². The highest BCUT2D eigenvalue weighted by atomic mass is 16.4. The van der Waals surface area contributed by atoms with Crippen molar-refractivity contribution in [2.24, 2.45) is 0 Å². The molecule has 1 N–H and O–H groups in total. The second-order valence-corrected chi connectivity index (χ2v) is 5.42. The number of nitrogens with zero attached hydrogens (tertiary/aromatic N) is 2. The third-order valence-electron chi connectivity index (χ3n) is 3.83. The van der Waals surface area contributed by atoms with E-state index in [1.807, 2.05) is 13.8 Å². The van der Waals surface area contributed by atoms with Gasteiger partial charge in [0, 0.05) is 32.1 Å². The highest BCUT2D eigenvalue weighted by Gasteiger charge is 2.12. The summed E-state index contributed by atoms with van der Waals surface area (Å²) in [6.07, 6.45) is 4.49. The van der Waals surface area contributed by atoms with Gasteiger partial charge in [-0.25, -0.2) is 4.98 Å². The highest BCUT2D eigenvalue weighted by Crippen LogP contribution is 2.19. The zero-order valence-corrected chi connectivity index (χ0v) is 12.2. The molecule has 0 bridgehead atoms. The second-order valence-electron chi connectivity index (χ2n) is 5.42. The molecule has 0 unspecified atom stereocenters. The molecule has 0 spiro atoms. The molecular weight excluding hydrogens is 250 g/mol. The number of hydrogen-bond donors (Lipinski definition) is 1. The van der Waals surface area contributed by atoms with Crippen LogP contribution in [-0.2, 0) is 25.8 Å². The van der Waals surface area contributed by atoms with E-state index in [2.05, 4.69) is 22.4 Å². The summed E-state index contributed by atoms with van der Waals surface area (Å²) in [5.74, 6) is 1.68. The van der Waals surface area contributed by atoms with Gasteiger partial charge in [-0.15, -0.1) is 0 Å². The molecule has 2 aromatic rings. The van der Waals surface area contributed by atoms with Crippen molar-refractivity contribution in [2.75, 3.05) is 6.54 Å². The Balaban J connectivity index is 1.49. The molecule has 0 amide bonds. The van der Waals surface area contributed by atoms with Crippen LogP contribution >= 0.6 is 0 Å². The maximum Gasteiger partial charge on any atom is 0.191 e. The molecule has 0 saturated heterocycles. The van der Waals surface area contributed by atoms with Crippen molar-refractivity contribution in [3.05, 3.63) is 46.4 Å². The second kappa shape index (κ2) is 5.75. The normalized spacial score (nSPS) is 13.7. The fourth-order valence-electron chi connectivity index (χ4n) is 2.79. The number of aromatic nitrogens is 2. The molecule has 106 valence electrons. The van der Waals surface area contributed by atoms with Crippen LogP contribution in [0.3, 0.4) is 0 Å². The lowest BCUT2D eigenvalue weighted by atomic mass is 10.2. The van der Waals surface area contributed by atoms with Crippen molar-refractivity contribution in [2.45, 2.75) is 46.1 Å². The number of oxazole rings is 1. The predicted molar refractivity (Wildman–Crippen MR) is 77.6 cm³/mol. The molecule has 20 heavy (non-hydrogen) atoms. The lowest BCUT2D eigenvalue weighted by molar-refractivity contribution is 0.492. The highest BCUT2D eigenvalue weighted by molar-refractivity contribution is 5.27. The molecule has 0 saturated carbocycles. The van der Waals surface area contributed by atoms with E-state index < -0.39 is 0 Å². The summed E-state index contributed by atoms with van der Waals surface area (Å²) in [5.41, 5.74) is 4.92. The van der Waals surface area contributed by atoms with E-state index >= 15 is 0 Å². The summed E-state index contributed by atoms with van der Waals surface area (Å²) in [6, 6.07) is 4.38. The molecule has 1 aliphatic carbocycles. The summed E-state index contributed by atoms with van der Waals surface area (Å²) in [6.45, 7) is 5.57.